The molecule has 0 fully saturated rings. The number of nitrogens with zero attached hydrogens (tertiary/aromatic N) is 2. The molecule has 1 atom stereocenters. The molecule has 1 aliphatic rings. The largest absolute Gasteiger partial charge is 0.313 e. The summed E-state index contributed by atoms with van der Waals surface area (Å²) in [5.41, 5.74) is 8.67. The molecule has 5 rings (SSSR count). The minimum absolute atomic E-state index is 0.0818. The van der Waals surface area contributed by atoms with E-state index in [0.717, 1.165) is 38.0 Å². The third-order valence-corrected chi connectivity index (χ3v) is 6.73. The fraction of sp³-hybridized carbons (Fsp3) is 0.267. The molecule has 1 aromatic heterocycles. The van der Waals surface area contributed by atoms with Crippen LogP contribution in [-0.4, -0.2) is 28.0 Å². The number of allylic oxidation sites excluding steroid dienone is 1. The maximum absolute atomic E-state index is 11.9. The van der Waals surface area contributed by atoms with E-state index in [0.29, 0.717) is 11.3 Å². The van der Waals surface area contributed by atoms with Crippen LogP contribution in [0.1, 0.15) is 42.4 Å². The quantitative estimate of drug-likeness (QED) is 0.308. The fourth-order valence-corrected chi connectivity index (χ4v) is 4.78. The van der Waals surface area contributed by atoms with Gasteiger partial charge in [-0.1, -0.05) is 78.7 Å². The van der Waals surface area contributed by atoms with Gasteiger partial charge in [-0.15, -0.1) is 0 Å². The summed E-state index contributed by atoms with van der Waals surface area (Å²) in [6.07, 6.45) is 6.03. The summed E-state index contributed by atoms with van der Waals surface area (Å²) in [4.78, 5) is 21.5. The smallest absolute Gasteiger partial charge is 0.258 e. The van der Waals surface area contributed by atoms with Crippen LogP contribution in [0.2, 0.25) is 0 Å². The lowest BCUT2D eigenvalue weighted by atomic mass is 9.98. The first-order valence-electron chi connectivity index (χ1n) is 12.2. The number of rotatable bonds is 9. The topological polar surface area (TPSA) is 49.0 Å². The van der Waals surface area contributed by atoms with E-state index in [9.17, 15) is 4.79 Å². The molecule has 1 heterocycles. The Morgan fingerprint density at radius 2 is 1.82 bits per heavy atom. The monoisotopic (exact) mass is 449 g/mol. The first-order valence-corrected chi connectivity index (χ1v) is 12.2. The molecule has 0 aliphatic heterocycles. The minimum Gasteiger partial charge on any atom is -0.313 e. The molecule has 4 heteroatoms. The predicted octanol–water partition coefficient (Wildman–Crippen LogP) is 6.22. The Morgan fingerprint density at radius 1 is 1.00 bits per heavy atom. The zero-order valence-electron chi connectivity index (χ0n) is 19.9. The van der Waals surface area contributed by atoms with E-state index in [1.165, 1.54) is 39.7 Å². The lowest BCUT2D eigenvalue weighted by molar-refractivity contribution is 0.270. The van der Waals surface area contributed by atoms with Crippen LogP contribution in [-0.2, 0) is 6.54 Å². The second-order valence-corrected chi connectivity index (χ2v) is 9.28. The fourth-order valence-electron chi connectivity index (χ4n) is 4.78. The number of hydrogen-bond donors (Lipinski definition) is 1. The summed E-state index contributed by atoms with van der Waals surface area (Å²) in [6.45, 7) is 7.47. The van der Waals surface area contributed by atoms with E-state index in [1.807, 2.05) is 6.07 Å². The van der Waals surface area contributed by atoms with Gasteiger partial charge in [0.05, 0.1) is 17.2 Å². The van der Waals surface area contributed by atoms with Crippen molar-refractivity contribution < 1.29 is 0 Å². The lowest BCUT2D eigenvalue weighted by Gasteiger charge is -2.23. The molecule has 0 saturated carbocycles. The Kier molecular flexibility index (Phi) is 6.41. The average Bonchev–Trinajstić information content (AvgIpc) is 3.63. The van der Waals surface area contributed by atoms with Crippen molar-refractivity contribution in [3.63, 3.8) is 0 Å². The minimum atomic E-state index is -0.0818. The van der Waals surface area contributed by atoms with Crippen LogP contribution in [0.15, 0.2) is 89.5 Å². The van der Waals surface area contributed by atoms with E-state index in [-0.39, 0.29) is 5.56 Å². The number of benzene rings is 3. The molecule has 0 saturated heterocycles. The van der Waals surface area contributed by atoms with Gasteiger partial charge < -0.3 is 4.98 Å². The van der Waals surface area contributed by atoms with Crippen molar-refractivity contribution in [2.75, 3.05) is 13.1 Å². The van der Waals surface area contributed by atoms with E-state index in [2.05, 4.69) is 95.5 Å². The summed E-state index contributed by atoms with van der Waals surface area (Å²) in [5.74, 6) is 0.383. The van der Waals surface area contributed by atoms with Gasteiger partial charge in [0.15, 0.2) is 0 Å². The number of H-pyrrole nitrogens is 1. The second kappa shape index (κ2) is 9.78. The van der Waals surface area contributed by atoms with Gasteiger partial charge in [-0.05, 0) is 60.7 Å². The van der Waals surface area contributed by atoms with Crippen LogP contribution in [0.5, 0.6) is 0 Å². The van der Waals surface area contributed by atoms with Gasteiger partial charge in [-0.2, -0.15) is 0 Å². The Morgan fingerprint density at radius 3 is 2.65 bits per heavy atom. The van der Waals surface area contributed by atoms with E-state index >= 15 is 0 Å². The zero-order valence-corrected chi connectivity index (χ0v) is 19.9. The van der Waals surface area contributed by atoms with Crippen LogP contribution in [0.4, 0.5) is 0 Å². The van der Waals surface area contributed by atoms with E-state index in [1.54, 1.807) is 0 Å². The van der Waals surface area contributed by atoms with E-state index in [4.69, 9.17) is 0 Å². The molecule has 172 valence electrons. The van der Waals surface area contributed by atoms with Gasteiger partial charge in [-0.25, -0.2) is 4.98 Å². The van der Waals surface area contributed by atoms with Crippen LogP contribution in [0.25, 0.3) is 22.0 Å². The highest BCUT2D eigenvalue weighted by Gasteiger charge is 2.27. The Balaban J connectivity index is 1.25. The summed E-state index contributed by atoms with van der Waals surface area (Å²) < 4.78 is 0. The van der Waals surface area contributed by atoms with Gasteiger partial charge >= 0.3 is 0 Å². The van der Waals surface area contributed by atoms with Crippen molar-refractivity contribution >= 4 is 10.9 Å². The Bertz CT molecular complexity index is 1380. The molecule has 0 amide bonds. The van der Waals surface area contributed by atoms with Crippen LogP contribution >= 0.6 is 0 Å². The Hall–Kier alpha value is -3.50. The Labute approximate surface area is 201 Å². The average molecular weight is 450 g/mol. The number of aryl methyl sites for hydroxylation is 1. The SMILES string of the molecule is CCCN(CCC1=C[C@@H]1c1ccc2c(=O)[nH]cnc2c1)Cc1ccccc1-c1ccc(C)cc1. The lowest BCUT2D eigenvalue weighted by Crippen LogP contribution is -2.25. The number of aromatic nitrogens is 2. The predicted molar refractivity (Wildman–Crippen MR) is 140 cm³/mol. The number of fused-ring (bicyclic) bond motifs is 1. The first-order chi connectivity index (χ1) is 16.6. The molecular weight excluding hydrogens is 418 g/mol. The number of hydrogen-bond acceptors (Lipinski definition) is 3. The van der Waals surface area contributed by atoms with Crippen LogP contribution < -0.4 is 5.56 Å². The molecule has 0 bridgehead atoms. The molecule has 1 aliphatic carbocycles. The molecule has 0 radical (unpaired) electrons. The normalized spacial score (nSPS) is 15.0. The number of nitrogens with one attached hydrogen (secondary N) is 1. The van der Waals surface area contributed by atoms with Crippen molar-refractivity contribution in [2.45, 2.75) is 39.2 Å². The van der Waals surface area contributed by atoms with Crippen molar-refractivity contribution in [1.82, 2.24) is 14.9 Å². The van der Waals surface area contributed by atoms with Gasteiger partial charge in [0.1, 0.15) is 0 Å². The van der Waals surface area contributed by atoms with Gasteiger partial charge in [0.25, 0.3) is 5.56 Å². The van der Waals surface area contributed by atoms with Gasteiger partial charge in [0, 0.05) is 19.0 Å². The van der Waals surface area contributed by atoms with Crippen LogP contribution in [0.3, 0.4) is 0 Å². The second-order valence-electron chi connectivity index (χ2n) is 9.28. The van der Waals surface area contributed by atoms with Crippen molar-refractivity contribution in [3.8, 4) is 11.1 Å². The highest BCUT2D eigenvalue weighted by Crippen LogP contribution is 2.42. The molecule has 34 heavy (non-hydrogen) atoms. The molecule has 0 spiro atoms. The third kappa shape index (κ3) is 4.87. The first kappa shape index (κ1) is 22.3. The van der Waals surface area contributed by atoms with E-state index < -0.39 is 0 Å². The van der Waals surface area contributed by atoms with Gasteiger partial charge in [-0.3, -0.25) is 9.69 Å². The standard InChI is InChI=1S/C30H31N3O/c1-3-15-33(19-25-6-4-5-7-26(25)22-10-8-21(2)9-11-22)16-14-24-17-28(24)23-12-13-27-29(18-23)31-20-32-30(27)34/h4-13,17-18,20,28H,3,14-16,19H2,1-2H3,(H,31,32,34)/t28-/m1/s1. The van der Waals surface area contributed by atoms with Gasteiger partial charge in [0.2, 0.25) is 0 Å². The maximum atomic E-state index is 11.9. The highest BCUT2D eigenvalue weighted by atomic mass is 16.1. The molecule has 0 unspecified atom stereocenters. The molecule has 3 aromatic carbocycles. The summed E-state index contributed by atoms with van der Waals surface area (Å²) in [7, 11) is 0. The molecule has 4 aromatic rings. The van der Waals surface area contributed by atoms with Crippen molar-refractivity contribution in [3.05, 3.63) is 112 Å². The summed E-state index contributed by atoms with van der Waals surface area (Å²) in [6, 6.07) is 23.6. The third-order valence-electron chi connectivity index (χ3n) is 6.73. The summed E-state index contributed by atoms with van der Waals surface area (Å²) in [5, 5.41) is 0.648. The maximum Gasteiger partial charge on any atom is 0.258 e. The van der Waals surface area contributed by atoms with Crippen LogP contribution in [0, 0.1) is 6.92 Å². The highest BCUT2D eigenvalue weighted by molar-refractivity contribution is 5.78. The summed E-state index contributed by atoms with van der Waals surface area (Å²) >= 11 is 0. The molecule has 1 N–H and O–H groups in total. The molecule has 4 nitrogen and oxygen atoms in total. The molecular formula is C30H31N3O. The van der Waals surface area contributed by atoms with Crippen molar-refractivity contribution in [2.24, 2.45) is 0 Å². The number of aromatic amines is 1. The van der Waals surface area contributed by atoms with Crippen molar-refractivity contribution in [1.29, 1.82) is 0 Å². The zero-order chi connectivity index (χ0) is 23.5.